The molecule has 0 saturated carbocycles. The van der Waals surface area contributed by atoms with E-state index in [-0.39, 0.29) is 18.0 Å². The van der Waals surface area contributed by atoms with Crippen LogP contribution in [0.2, 0.25) is 0 Å². The molecule has 1 fully saturated rings. The monoisotopic (exact) mass is 349 g/mol. The first kappa shape index (κ1) is 16.6. The van der Waals surface area contributed by atoms with Crippen LogP contribution in [0.4, 0.5) is 5.69 Å². The minimum absolute atomic E-state index is 0.0802. The Morgan fingerprint density at radius 2 is 2.00 bits per heavy atom. The molecule has 2 aromatic rings. The summed E-state index contributed by atoms with van der Waals surface area (Å²) in [6, 6.07) is 15.5. The summed E-state index contributed by atoms with van der Waals surface area (Å²) >= 11 is 0. The predicted molar refractivity (Wildman–Crippen MR) is 101 cm³/mol. The SMILES string of the molecule is CN1c2cc(C(=O)NCCc3ccccc3)ccc2C(=O)N2CCCC21. The predicted octanol–water partition coefficient (Wildman–Crippen LogP) is 2.67. The van der Waals surface area contributed by atoms with Gasteiger partial charge in [0.1, 0.15) is 6.17 Å². The van der Waals surface area contributed by atoms with Crippen molar-refractivity contribution in [3.63, 3.8) is 0 Å². The molecule has 2 amide bonds. The molecule has 0 bridgehead atoms. The van der Waals surface area contributed by atoms with E-state index in [9.17, 15) is 9.59 Å². The molecule has 134 valence electrons. The van der Waals surface area contributed by atoms with Crippen LogP contribution >= 0.6 is 0 Å². The third-order valence-electron chi connectivity index (χ3n) is 5.34. The van der Waals surface area contributed by atoms with Crippen LogP contribution in [0, 0.1) is 0 Å². The standard InChI is InChI=1S/C21H23N3O2/c1-23-18-14-16(20(25)22-12-11-15-6-3-2-4-7-15)9-10-17(18)21(26)24-13-5-8-19(23)24/h2-4,6-7,9-10,14,19H,5,8,11-13H2,1H3,(H,22,25). The van der Waals surface area contributed by atoms with E-state index >= 15 is 0 Å². The Kier molecular flexibility index (Phi) is 4.37. The van der Waals surface area contributed by atoms with Gasteiger partial charge in [-0.05, 0) is 43.0 Å². The number of anilines is 1. The van der Waals surface area contributed by atoms with E-state index in [2.05, 4.69) is 22.3 Å². The molecule has 0 aliphatic carbocycles. The topological polar surface area (TPSA) is 52.7 Å². The van der Waals surface area contributed by atoms with E-state index in [1.807, 2.05) is 36.2 Å². The Labute approximate surface area is 153 Å². The van der Waals surface area contributed by atoms with Crippen LogP contribution in [-0.2, 0) is 6.42 Å². The van der Waals surface area contributed by atoms with Gasteiger partial charge in [-0.25, -0.2) is 0 Å². The molecule has 5 heteroatoms. The van der Waals surface area contributed by atoms with Gasteiger partial charge in [-0.3, -0.25) is 9.59 Å². The fourth-order valence-corrected chi connectivity index (χ4v) is 3.92. The van der Waals surface area contributed by atoms with Crippen molar-refractivity contribution in [1.29, 1.82) is 0 Å². The third kappa shape index (κ3) is 2.94. The Morgan fingerprint density at radius 3 is 2.81 bits per heavy atom. The first-order valence-corrected chi connectivity index (χ1v) is 9.15. The number of amides is 2. The Balaban J connectivity index is 1.47. The van der Waals surface area contributed by atoms with E-state index in [0.717, 1.165) is 31.5 Å². The number of carbonyl (C=O) groups excluding carboxylic acids is 2. The fraction of sp³-hybridized carbons (Fsp3) is 0.333. The molecule has 0 radical (unpaired) electrons. The zero-order chi connectivity index (χ0) is 18.1. The van der Waals surface area contributed by atoms with E-state index in [1.165, 1.54) is 5.56 Å². The molecule has 2 aliphatic rings. The van der Waals surface area contributed by atoms with Crippen LogP contribution in [-0.4, -0.2) is 43.0 Å². The van der Waals surface area contributed by atoms with Crippen LogP contribution in [0.1, 0.15) is 39.1 Å². The van der Waals surface area contributed by atoms with Crippen LogP contribution < -0.4 is 10.2 Å². The first-order chi connectivity index (χ1) is 12.6. The number of hydrogen-bond acceptors (Lipinski definition) is 3. The summed E-state index contributed by atoms with van der Waals surface area (Å²) < 4.78 is 0. The number of hydrogen-bond donors (Lipinski definition) is 1. The summed E-state index contributed by atoms with van der Waals surface area (Å²) in [6.45, 7) is 1.40. The lowest BCUT2D eigenvalue weighted by Crippen LogP contribution is -2.50. The van der Waals surface area contributed by atoms with Crippen molar-refractivity contribution in [3.8, 4) is 0 Å². The van der Waals surface area contributed by atoms with Crippen LogP contribution in [0.5, 0.6) is 0 Å². The maximum atomic E-state index is 12.7. The van der Waals surface area contributed by atoms with Gasteiger partial charge in [-0.2, -0.15) is 0 Å². The average molecular weight is 349 g/mol. The molecule has 26 heavy (non-hydrogen) atoms. The van der Waals surface area contributed by atoms with E-state index < -0.39 is 0 Å². The Morgan fingerprint density at radius 1 is 1.19 bits per heavy atom. The molecule has 1 saturated heterocycles. The van der Waals surface area contributed by atoms with Gasteiger partial charge in [0.15, 0.2) is 0 Å². The second-order valence-corrected chi connectivity index (χ2v) is 6.96. The number of nitrogens with zero attached hydrogens (tertiary/aromatic N) is 2. The summed E-state index contributed by atoms with van der Waals surface area (Å²) in [6.07, 6.45) is 2.93. The molecule has 1 atom stereocenters. The Bertz CT molecular complexity index is 834. The number of rotatable bonds is 4. The normalized spacial score (nSPS) is 18.5. The zero-order valence-electron chi connectivity index (χ0n) is 14.9. The van der Waals surface area contributed by atoms with Gasteiger partial charge in [0.25, 0.3) is 11.8 Å². The van der Waals surface area contributed by atoms with Crippen molar-refractivity contribution in [2.24, 2.45) is 0 Å². The van der Waals surface area contributed by atoms with Crippen molar-refractivity contribution < 1.29 is 9.59 Å². The van der Waals surface area contributed by atoms with Crippen molar-refractivity contribution in [2.45, 2.75) is 25.4 Å². The van der Waals surface area contributed by atoms with Gasteiger partial charge >= 0.3 is 0 Å². The number of nitrogens with one attached hydrogen (secondary N) is 1. The second-order valence-electron chi connectivity index (χ2n) is 6.96. The molecular weight excluding hydrogens is 326 g/mol. The molecule has 2 aliphatic heterocycles. The van der Waals surface area contributed by atoms with E-state index in [4.69, 9.17) is 0 Å². The number of carbonyl (C=O) groups is 2. The Hall–Kier alpha value is -2.82. The summed E-state index contributed by atoms with van der Waals surface area (Å²) in [4.78, 5) is 29.2. The zero-order valence-corrected chi connectivity index (χ0v) is 14.9. The molecule has 1 unspecified atom stereocenters. The minimum atomic E-state index is -0.0987. The lowest BCUT2D eigenvalue weighted by atomic mass is 10.0. The van der Waals surface area contributed by atoms with Gasteiger partial charge in [0.2, 0.25) is 0 Å². The summed E-state index contributed by atoms with van der Waals surface area (Å²) in [7, 11) is 2.01. The lowest BCUT2D eigenvalue weighted by molar-refractivity contribution is 0.0719. The van der Waals surface area contributed by atoms with Gasteiger partial charge < -0.3 is 15.1 Å². The van der Waals surface area contributed by atoms with Crippen molar-refractivity contribution in [2.75, 3.05) is 25.0 Å². The summed E-state index contributed by atoms with van der Waals surface area (Å²) in [5.41, 5.74) is 3.34. The van der Waals surface area contributed by atoms with Crippen LogP contribution in [0.3, 0.4) is 0 Å². The fourth-order valence-electron chi connectivity index (χ4n) is 3.92. The van der Waals surface area contributed by atoms with Crippen LogP contribution in [0.15, 0.2) is 48.5 Å². The third-order valence-corrected chi connectivity index (χ3v) is 5.34. The van der Waals surface area contributed by atoms with E-state index in [1.54, 1.807) is 12.1 Å². The minimum Gasteiger partial charge on any atom is -0.354 e. The van der Waals surface area contributed by atoms with Crippen molar-refractivity contribution >= 4 is 17.5 Å². The number of benzene rings is 2. The van der Waals surface area contributed by atoms with Gasteiger partial charge in [-0.15, -0.1) is 0 Å². The average Bonchev–Trinajstić information content (AvgIpc) is 3.17. The molecule has 4 rings (SSSR count). The highest BCUT2D eigenvalue weighted by Crippen LogP contribution is 2.35. The van der Waals surface area contributed by atoms with Gasteiger partial charge in [0, 0.05) is 25.7 Å². The maximum absolute atomic E-state index is 12.7. The highest BCUT2D eigenvalue weighted by atomic mass is 16.2. The van der Waals surface area contributed by atoms with Crippen LogP contribution in [0.25, 0.3) is 0 Å². The molecule has 0 spiro atoms. The molecule has 2 heterocycles. The van der Waals surface area contributed by atoms with Gasteiger partial charge in [0.05, 0.1) is 11.3 Å². The maximum Gasteiger partial charge on any atom is 0.257 e. The summed E-state index contributed by atoms with van der Waals surface area (Å²) in [5, 5.41) is 2.97. The van der Waals surface area contributed by atoms with Crippen molar-refractivity contribution in [3.05, 3.63) is 65.2 Å². The largest absolute Gasteiger partial charge is 0.354 e. The summed E-state index contributed by atoms with van der Waals surface area (Å²) in [5.74, 6) is -0.0185. The van der Waals surface area contributed by atoms with Crippen molar-refractivity contribution in [1.82, 2.24) is 10.2 Å². The molecule has 0 aromatic heterocycles. The quantitative estimate of drug-likeness (QED) is 0.923. The number of fused-ring (bicyclic) bond motifs is 2. The highest BCUT2D eigenvalue weighted by molar-refractivity contribution is 6.04. The molecule has 1 N–H and O–H groups in total. The first-order valence-electron chi connectivity index (χ1n) is 9.15. The molecular formula is C21H23N3O2. The smallest absolute Gasteiger partial charge is 0.257 e. The van der Waals surface area contributed by atoms with Gasteiger partial charge in [-0.1, -0.05) is 30.3 Å². The lowest BCUT2D eigenvalue weighted by Gasteiger charge is -2.40. The second kappa shape index (κ2) is 6.83. The molecule has 5 nitrogen and oxygen atoms in total. The highest BCUT2D eigenvalue weighted by Gasteiger charge is 2.38. The van der Waals surface area contributed by atoms with E-state index in [0.29, 0.717) is 17.7 Å². The molecule has 2 aromatic carbocycles.